The van der Waals surface area contributed by atoms with Crippen LogP contribution in [0.2, 0.25) is 0 Å². The lowest BCUT2D eigenvalue weighted by Crippen LogP contribution is -1.82. The fourth-order valence-corrected chi connectivity index (χ4v) is 0.121. The number of hydrogen-bond donors (Lipinski definition) is 0. The van der Waals surface area contributed by atoms with Crippen LogP contribution >= 0.6 is 12.2 Å². The zero-order valence-corrected chi connectivity index (χ0v) is 3.79. The first-order valence-electron chi connectivity index (χ1n) is 1.27. The zero-order valence-electron chi connectivity index (χ0n) is 2.97. The van der Waals surface area contributed by atoms with Gasteiger partial charge in [0.15, 0.2) is 6.61 Å². The minimum absolute atomic E-state index is 0.00347. The van der Waals surface area contributed by atoms with Gasteiger partial charge in [0.25, 0.3) is 0 Å². The van der Waals surface area contributed by atoms with Gasteiger partial charge < -0.3 is 4.74 Å². The van der Waals surface area contributed by atoms with Crippen molar-refractivity contribution in [2.75, 3.05) is 6.61 Å². The second kappa shape index (κ2) is 4.38. The van der Waals surface area contributed by atoms with Crippen LogP contribution in [0.25, 0.3) is 0 Å². The fraction of sp³-hybridized carbons (Fsp3) is 0.333. The summed E-state index contributed by atoms with van der Waals surface area (Å²) in [5.74, 6) is 0. The third-order valence-corrected chi connectivity index (χ3v) is 0.313. The molecule has 0 fully saturated rings. The summed E-state index contributed by atoms with van der Waals surface area (Å²) < 4.78 is 4.19. The first-order chi connectivity index (χ1) is 2.91. The number of hydrogen-bond acceptors (Lipinski definition) is 3. The number of thiocarbonyl (C=S) groups is 1. The molecule has 31 valence electrons. The molecule has 0 aromatic rings. The van der Waals surface area contributed by atoms with Crippen molar-refractivity contribution in [3.05, 3.63) is 0 Å². The molecule has 3 heteroatoms. The molecule has 0 rings (SSSR count). The molecule has 0 saturated heterocycles. The highest BCUT2D eigenvalue weighted by atomic mass is 32.1. The van der Waals surface area contributed by atoms with Gasteiger partial charge in [-0.15, -0.1) is 0 Å². The average molecular weight is 100 g/mol. The van der Waals surface area contributed by atoms with E-state index in [2.05, 4.69) is 17.0 Å². The van der Waals surface area contributed by atoms with Crippen LogP contribution in [0.4, 0.5) is 0 Å². The third kappa shape index (κ3) is 3.38. The molecule has 0 aromatic heterocycles. The molecule has 0 aliphatic rings. The van der Waals surface area contributed by atoms with Crippen molar-refractivity contribution in [2.45, 2.75) is 0 Å². The van der Waals surface area contributed by atoms with Crippen molar-refractivity contribution in [3.63, 3.8) is 0 Å². The van der Waals surface area contributed by atoms with Crippen LogP contribution in [0.1, 0.15) is 0 Å². The van der Waals surface area contributed by atoms with Crippen LogP contribution < -0.4 is 0 Å². The molecule has 2 nitrogen and oxygen atoms in total. The molecule has 0 atom stereocenters. The second-order valence-corrected chi connectivity index (χ2v) is 0.697. The maximum absolute atomic E-state index is 7.74. The van der Waals surface area contributed by atoms with Crippen molar-refractivity contribution in [2.24, 2.45) is 0 Å². The van der Waals surface area contributed by atoms with Crippen LogP contribution in [-0.2, 0) is 4.74 Å². The van der Waals surface area contributed by atoms with Gasteiger partial charge in [0.05, 0.1) is 0 Å². The molecule has 6 heavy (non-hydrogen) atoms. The molecule has 0 aliphatic heterocycles. The summed E-state index contributed by atoms with van der Waals surface area (Å²) in [5.41, 5.74) is 1.93. The van der Waals surface area contributed by atoms with Crippen molar-refractivity contribution in [3.8, 4) is 6.07 Å². The molecule has 0 amide bonds. The zero-order chi connectivity index (χ0) is 4.83. The van der Waals surface area contributed by atoms with Gasteiger partial charge >= 0.3 is 0 Å². The number of rotatable bonds is 2. The molecule has 0 heterocycles. The van der Waals surface area contributed by atoms with Gasteiger partial charge in [-0.2, -0.15) is 5.26 Å². The Labute approximate surface area is 41.3 Å². The van der Waals surface area contributed by atoms with E-state index in [4.69, 9.17) is 5.26 Å². The summed E-state index contributed by atoms with van der Waals surface area (Å²) in [6.45, 7) is 0.00347. The van der Waals surface area contributed by atoms with E-state index in [1.807, 2.05) is 5.55 Å². The van der Waals surface area contributed by atoms with Crippen LogP contribution in [0, 0.1) is 11.3 Å². The number of ether oxygens (including phenoxy) is 1. The Hall–Kier alpha value is -0.620. The van der Waals surface area contributed by atoms with Crippen molar-refractivity contribution >= 4 is 17.8 Å². The van der Waals surface area contributed by atoms with Gasteiger partial charge in [0.2, 0.25) is 5.55 Å². The summed E-state index contributed by atoms with van der Waals surface area (Å²) in [6, 6.07) is 1.72. The molecular weight excluding hydrogens is 98.1 g/mol. The lowest BCUT2D eigenvalue weighted by molar-refractivity contribution is 0.382. The van der Waals surface area contributed by atoms with E-state index in [9.17, 15) is 0 Å². The summed E-state index contributed by atoms with van der Waals surface area (Å²) in [4.78, 5) is 0. The molecule has 1 radical (unpaired) electrons. The summed E-state index contributed by atoms with van der Waals surface area (Å²) >= 11 is 4.09. The minimum Gasteiger partial charge on any atom is -0.465 e. The smallest absolute Gasteiger partial charge is 0.240 e. The summed E-state index contributed by atoms with van der Waals surface area (Å²) in [5, 5.41) is 7.74. The highest BCUT2D eigenvalue weighted by molar-refractivity contribution is 7.78. The third-order valence-electron chi connectivity index (χ3n) is 0.196. The first kappa shape index (κ1) is 5.38. The van der Waals surface area contributed by atoms with Crippen molar-refractivity contribution < 1.29 is 4.74 Å². The van der Waals surface area contributed by atoms with Gasteiger partial charge in [-0.05, 0) is 12.2 Å². The molecular formula is C3H2NOS. The quantitative estimate of drug-likeness (QED) is 0.371. The standard InChI is InChI=1S/C3H2NOS/c4-1-2-5-3-6/h2H2. The Morgan fingerprint density at radius 1 is 1.83 bits per heavy atom. The first-order valence-corrected chi connectivity index (χ1v) is 1.68. The highest BCUT2D eigenvalue weighted by Crippen LogP contribution is 1.60. The van der Waals surface area contributed by atoms with E-state index in [1.54, 1.807) is 6.07 Å². The Balaban J connectivity index is 2.72. The monoisotopic (exact) mass is 100.0 g/mol. The van der Waals surface area contributed by atoms with Gasteiger partial charge in [-0.25, -0.2) is 0 Å². The largest absolute Gasteiger partial charge is 0.465 e. The summed E-state index contributed by atoms with van der Waals surface area (Å²) in [6.07, 6.45) is 0. The van der Waals surface area contributed by atoms with E-state index in [-0.39, 0.29) is 6.61 Å². The molecule has 0 spiro atoms. The lowest BCUT2D eigenvalue weighted by atomic mass is 10.8. The van der Waals surface area contributed by atoms with E-state index in [0.717, 1.165) is 0 Å². The lowest BCUT2D eigenvalue weighted by Gasteiger charge is -1.78. The van der Waals surface area contributed by atoms with Gasteiger partial charge in [0.1, 0.15) is 6.07 Å². The Kier molecular flexibility index (Phi) is 3.93. The van der Waals surface area contributed by atoms with Crippen LogP contribution in [0.3, 0.4) is 0 Å². The van der Waals surface area contributed by atoms with E-state index >= 15 is 0 Å². The Morgan fingerprint density at radius 3 is 2.67 bits per heavy atom. The molecule has 0 unspecified atom stereocenters. The normalized spacial score (nSPS) is 5.83. The van der Waals surface area contributed by atoms with Crippen LogP contribution in [-0.4, -0.2) is 12.2 Å². The SMILES string of the molecule is N#CCO[C]=S. The van der Waals surface area contributed by atoms with Crippen LogP contribution in [0.15, 0.2) is 0 Å². The van der Waals surface area contributed by atoms with E-state index in [0.29, 0.717) is 0 Å². The molecule has 0 N–H and O–H groups in total. The second-order valence-electron chi connectivity index (χ2n) is 0.530. The number of nitriles is 1. The topological polar surface area (TPSA) is 33.0 Å². The molecule has 0 aliphatic carbocycles. The van der Waals surface area contributed by atoms with Crippen molar-refractivity contribution in [1.29, 1.82) is 5.26 Å². The van der Waals surface area contributed by atoms with E-state index in [1.165, 1.54) is 0 Å². The number of nitrogens with zero attached hydrogens (tertiary/aromatic N) is 1. The predicted octanol–water partition coefficient (Wildman–Crippen LogP) is 0.361. The van der Waals surface area contributed by atoms with Crippen LogP contribution in [0.5, 0.6) is 0 Å². The molecule has 0 saturated carbocycles. The predicted molar refractivity (Wildman–Crippen MR) is 24.2 cm³/mol. The van der Waals surface area contributed by atoms with Gasteiger partial charge in [0, 0.05) is 0 Å². The fourth-order valence-electron chi connectivity index (χ4n) is 0.0617. The molecule has 0 aromatic carbocycles. The summed E-state index contributed by atoms with van der Waals surface area (Å²) in [7, 11) is 0. The van der Waals surface area contributed by atoms with Crippen molar-refractivity contribution in [1.82, 2.24) is 0 Å². The van der Waals surface area contributed by atoms with E-state index < -0.39 is 0 Å². The Morgan fingerprint density at radius 2 is 2.50 bits per heavy atom. The van der Waals surface area contributed by atoms with Gasteiger partial charge in [-0.3, -0.25) is 0 Å². The maximum atomic E-state index is 7.74. The highest BCUT2D eigenvalue weighted by Gasteiger charge is 1.68. The Bertz CT molecular complexity index is 75.4. The average Bonchev–Trinajstić information content (AvgIpc) is 1.61. The minimum atomic E-state index is 0.00347. The maximum Gasteiger partial charge on any atom is 0.240 e. The van der Waals surface area contributed by atoms with Gasteiger partial charge in [-0.1, -0.05) is 0 Å². The molecule has 0 bridgehead atoms.